The maximum Gasteiger partial charge on any atom is 0.358 e. The van der Waals surface area contributed by atoms with Crippen LogP contribution < -0.4 is 4.74 Å². The minimum absolute atomic E-state index is 0.0580. The topological polar surface area (TPSA) is 92.5 Å². The number of aromatic nitrogens is 2. The lowest BCUT2D eigenvalue weighted by Gasteiger charge is -2.07. The van der Waals surface area contributed by atoms with Crippen molar-refractivity contribution in [2.75, 3.05) is 7.11 Å². The van der Waals surface area contributed by atoms with Crippen molar-refractivity contribution >= 4 is 17.3 Å². The maximum atomic E-state index is 10.9. The summed E-state index contributed by atoms with van der Waals surface area (Å²) in [5, 5.41) is 20.8. The zero-order chi connectivity index (χ0) is 12.4. The molecule has 0 unspecified atom stereocenters. The molecule has 2 aromatic rings. The number of methoxy groups -OCH3 is 1. The number of aromatic carboxylic acids is 1. The van der Waals surface area contributed by atoms with Crippen LogP contribution in [0.4, 0.5) is 0 Å². The van der Waals surface area contributed by atoms with Crippen molar-refractivity contribution in [1.82, 2.24) is 9.97 Å². The zero-order valence-electron chi connectivity index (χ0n) is 8.75. The molecule has 2 aromatic heterocycles. The Kier molecular flexibility index (Phi) is 2.92. The molecule has 88 valence electrons. The largest absolute Gasteiger partial charge is 0.503 e. The molecule has 6 nitrogen and oxygen atoms in total. The zero-order valence-corrected chi connectivity index (χ0v) is 9.56. The first kappa shape index (κ1) is 11.3. The smallest absolute Gasteiger partial charge is 0.358 e. The minimum Gasteiger partial charge on any atom is -0.503 e. The van der Waals surface area contributed by atoms with Crippen LogP contribution in [0.3, 0.4) is 0 Å². The van der Waals surface area contributed by atoms with Gasteiger partial charge < -0.3 is 14.9 Å². The van der Waals surface area contributed by atoms with Crippen molar-refractivity contribution < 1.29 is 19.7 Å². The van der Waals surface area contributed by atoms with E-state index in [1.165, 1.54) is 24.5 Å². The molecule has 2 heterocycles. The van der Waals surface area contributed by atoms with Gasteiger partial charge in [-0.15, -0.1) is 11.3 Å². The summed E-state index contributed by atoms with van der Waals surface area (Å²) in [5.74, 6) is -1.75. The van der Waals surface area contributed by atoms with E-state index >= 15 is 0 Å². The van der Waals surface area contributed by atoms with Crippen molar-refractivity contribution in [2.24, 2.45) is 0 Å². The number of ether oxygens (including phenoxy) is 1. The van der Waals surface area contributed by atoms with Gasteiger partial charge in [0, 0.05) is 17.6 Å². The summed E-state index contributed by atoms with van der Waals surface area (Å²) in [6, 6.07) is 1.45. The summed E-state index contributed by atoms with van der Waals surface area (Å²) in [6.07, 6.45) is 1.58. The second kappa shape index (κ2) is 4.38. The second-order valence-corrected chi connectivity index (χ2v) is 3.94. The van der Waals surface area contributed by atoms with Gasteiger partial charge in [-0.2, -0.15) is 0 Å². The number of thiazole rings is 1. The van der Waals surface area contributed by atoms with E-state index in [0.717, 1.165) is 0 Å². The van der Waals surface area contributed by atoms with Crippen LogP contribution in [-0.4, -0.2) is 33.3 Å². The Morgan fingerprint density at radius 2 is 2.29 bits per heavy atom. The first-order valence-electron chi connectivity index (χ1n) is 4.54. The molecule has 0 aliphatic heterocycles. The van der Waals surface area contributed by atoms with Gasteiger partial charge in [0.2, 0.25) is 0 Å². The fourth-order valence-electron chi connectivity index (χ4n) is 1.28. The first-order valence-corrected chi connectivity index (χ1v) is 5.42. The van der Waals surface area contributed by atoms with Gasteiger partial charge in [0.25, 0.3) is 0 Å². The Hall–Kier alpha value is -2.15. The highest BCUT2D eigenvalue weighted by Crippen LogP contribution is 2.33. The molecule has 0 saturated carbocycles. The molecular formula is C10H8N2O4S. The molecule has 2 rings (SSSR count). The van der Waals surface area contributed by atoms with Gasteiger partial charge in [0.15, 0.2) is 17.2 Å². The SMILES string of the molecule is COc1cc(-c2nccs2)nc(C(=O)O)c1O. The second-order valence-electron chi connectivity index (χ2n) is 3.05. The molecule has 0 aromatic carbocycles. The Balaban J connectivity index is 2.63. The summed E-state index contributed by atoms with van der Waals surface area (Å²) in [6.45, 7) is 0. The van der Waals surface area contributed by atoms with Crippen molar-refractivity contribution in [3.05, 3.63) is 23.3 Å². The number of carboxylic acid groups (broad SMARTS) is 1. The Morgan fingerprint density at radius 1 is 1.53 bits per heavy atom. The number of rotatable bonds is 3. The fourth-order valence-corrected chi connectivity index (χ4v) is 1.88. The van der Waals surface area contributed by atoms with Crippen LogP contribution in [-0.2, 0) is 0 Å². The van der Waals surface area contributed by atoms with Crippen LogP contribution in [0.2, 0.25) is 0 Å². The molecular weight excluding hydrogens is 244 g/mol. The molecule has 0 radical (unpaired) electrons. The van der Waals surface area contributed by atoms with E-state index < -0.39 is 17.4 Å². The molecule has 0 atom stereocenters. The lowest BCUT2D eigenvalue weighted by molar-refractivity contribution is 0.0686. The lowest BCUT2D eigenvalue weighted by atomic mass is 10.2. The standard InChI is InChI=1S/C10H8N2O4S/c1-16-6-4-5(9-11-2-3-17-9)12-7(8(6)13)10(14)15/h2-4,13H,1H3,(H,14,15). The summed E-state index contributed by atoms with van der Waals surface area (Å²) in [4.78, 5) is 18.8. The molecule has 0 aliphatic carbocycles. The normalized spacial score (nSPS) is 10.2. The Labute approximate surface area is 100 Å². The van der Waals surface area contributed by atoms with Gasteiger partial charge in [-0.25, -0.2) is 14.8 Å². The van der Waals surface area contributed by atoms with E-state index in [0.29, 0.717) is 10.7 Å². The predicted molar refractivity (Wildman–Crippen MR) is 60.5 cm³/mol. The van der Waals surface area contributed by atoms with E-state index in [4.69, 9.17) is 9.84 Å². The number of hydrogen-bond acceptors (Lipinski definition) is 6. The van der Waals surface area contributed by atoms with E-state index in [1.54, 1.807) is 11.6 Å². The summed E-state index contributed by atoms with van der Waals surface area (Å²) in [7, 11) is 1.34. The van der Waals surface area contributed by atoms with Crippen molar-refractivity contribution in [3.63, 3.8) is 0 Å². The highest BCUT2D eigenvalue weighted by molar-refractivity contribution is 7.13. The first-order chi connectivity index (χ1) is 8.13. The van der Waals surface area contributed by atoms with Gasteiger partial charge in [-0.05, 0) is 0 Å². The van der Waals surface area contributed by atoms with Gasteiger partial charge in [0.05, 0.1) is 7.11 Å². The van der Waals surface area contributed by atoms with E-state index in [2.05, 4.69) is 9.97 Å². The molecule has 0 amide bonds. The number of aromatic hydroxyl groups is 1. The average molecular weight is 252 g/mol. The quantitative estimate of drug-likeness (QED) is 0.862. The number of hydrogen-bond donors (Lipinski definition) is 2. The molecule has 0 saturated heterocycles. The number of nitrogens with zero attached hydrogens (tertiary/aromatic N) is 2. The molecule has 0 fully saturated rings. The lowest BCUT2D eigenvalue weighted by Crippen LogP contribution is -2.03. The van der Waals surface area contributed by atoms with Gasteiger partial charge in [0.1, 0.15) is 10.7 Å². The molecule has 2 N–H and O–H groups in total. The number of carbonyl (C=O) groups is 1. The minimum atomic E-state index is -1.32. The Morgan fingerprint density at radius 3 is 2.82 bits per heavy atom. The maximum absolute atomic E-state index is 10.9. The third-order valence-electron chi connectivity index (χ3n) is 2.03. The summed E-state index contributed by atoms with van der Waals surface area (Å²) in [5.41, 5.74) is -0.0957. The predicted octanol–water partition coefficient (Wildman–Crippen LogP) is 1.62. The van der Waals surface area contributed by atoms with Crippen LogP contribution in [0.5, 0.6) is 11.5 Å². The van der Waals surface area contributed by atoms with Crippen molar-refractivity contribution in [1.29, 1.82) is 0 Å². The van der Waals surface area contributed by atoms with Gasteiger partial charge >= 0.3 is 5.97 Å². The number of pyridine rings is 1. The van der Waals surface area contributed by atoms with E-state index in [1.807, 2.05) is 0 Å². The van der Waals surface area contributed by atoms with Crippen LogP contribution in [0.1, 0.15) is 10.5 Å². The van der Waals surface area contributed by atoms with Crippen LogP contribution >= 0.6 is 11.3 Å². The fraction of sp³-hybridized carbons (Fsp3) is 0.100. The van der Waals surface area contributed by atoms with Gasteiger partial charge in [-0.3, -0.25) is 0 Å². The Bertz CT molecular complexity index is 554. The van der Waals surface area contributed by atoms with E-state index in [9.17, 15) is 9.90 Å². The third-order valence-corrected chi connectivity index (χ3v) is 2.83. The number of carboxylic acids is 1. The summed E-state index contributed by atoms with van der Waals surface area (Å²) >= 11 is 1.32. The van der Waals surface area contributed by atoms with Crippen molar-refractivity contribution in [3.8, 4) is 22.2 Å². The average Bonchev–Trinajstić information content (AvgIpc) is 2.82. The van der Waals surface area contributed by atoms with E-state index in [-0.39, 0.29) is 5.75 Å². The highest BCUT2D eigenvalue weighted by atomic mass is 32.1. The highest BCUT2D eigenvalue weighted by Gasteiger charge is 2.19. The monoisotopic (exact) mass is 252 g/mol. The summed E-state index contributed by atoms with van der Waals surface area (Å²) < 4.78 is 4.90. The van der Waals surface area contributed by atoms with Crippen LogP contribution in [0.25, 0.3) is 10.7 Å². The third kappa shape index (κ3) is 2.04. The van der Waals surface area contributed by atoms with Crippen molar-refractivity contribution in [2.45, 2.75) is 0 Å². The molecule has 7 heteroatoms. The molecule has 0 bridgehead atoms. The van der Waals surface area contributed by atoms with Gasteiger partial charge in [-0.1, -0.05) is 0 Å². The molecule has 17 heavy (non-hydrogen) atoms. The molecule has 0 spiro atoms. The van der Waals surface area contributed by atoms with Crippen LogP contribution in [0.15, 0.2) is 17.6 Å². The van der Waals surface area contributed by atoms with Crippen LogP contribution in [0, 0.1) is 0 Å². The molecule has 0 aliphatic rings.